The monoisotopic (exact) mass is 542 g/mol. The Balaban J connectivity index is 1.69. The maximum atomic E-state index is 16.2. The molecule has 3 heterocycles. The minimum absolute atomic E-state index is 0.0122. The van der Waals surface area contributed by atoms with Gasteiger partial charge in [0.25, 0.3) is 5.91 Å². The first-order valence-corrected chi connectivity index (χ1v) is 13.5. The molecule has 3 aromatic rings. The number of nitrogens with two attached hydrogens (primary N) is 1. The third-order valence-corrected chi connectivity index (χ3v) is 7.62. The predicted molar refractivity (Wildman–Crippen MR) is 154 cm³/mol. The Labute approximate surface area is 231 Å². The van der Waals surface area contributed by atoms with Crippen molar-refractivity contribution in [2.75, 3.05) is 37.7 Å². The topological polar surface area (TPSA) is 90.0 Å². The first-order valence-electron chi connectivity index (χ1n) is 13.5. The van der Waals surface area contributed by atoms with Gasteiger partial charge in [-0.15, -0.1) is 0 Å². The van der Waals surface area contributed by atoms with Gasteiger partial charge in [0.15, 0.2) is 11.6 Å². The van der Waals surface area contributed by atoms with Gasteiger partial charge in [0.2, 0.25) is 5.43 Å². The van der Waals surface area contributed by atoms with Gasteiger partial charge >= 0.3 is 0 Å². The molecule has 2 aliphatic heterocycles. The number of nitrogens with zero attached hydrogens (tertiary/aromatic N) is 3. The number of fused-ring (bicyclic) bond motifs is 4. The van der Waals surface area contributed by atoms with Gasteiger partial charge in [0.1, 0.15) is 22.5 Å². The molecule has 206 valence electrons. The molecule has 1 amide bonds. The van der Waals surface area contributed by atoms with Crippen LogP contribution in [0.3, 0.4) is 0 Å². The second kappa shape index (κ2) is 10.3. The van der Waals surface area contributed by atoms with E-state index in [1.54, 1.807) is 22.9 Å². The fourth-order valence-electron chi connectivity index (χ4n) is 5.62. The summed E-state index contributed by atoms with van der Waals surface area (Å²) >= 11 is 0. The van der Waals surface area contributed by atoms with Crippen molar-refractivity contribution in [1.29, 1.82) is 0 Å². The molecule has 0 spiro atoms. The van der Waals surface area contributed by atoms with Crippen LogP contribution in [-0.2, 0) is 4.74 Å². The van der Waals surface area contributed by atoms with E-state index in [9.17, 15) is 9.59 Å². The zero-order valence-electron chi connectivity index (χ0n) is 22.6. The average molecular weight is 543 g/mol. The minimum atomic E-state index is -0.624. The maximum absolute atomic E-state index is 16.2. The number of halogens is 1. The van der Waals surface area contributed by atoms with Gasteiger partial charge in [-0.1, -0.05) is 31.2 Å². The summed E-state index contributed by atoms with van der Waals surface area (Å²) in [7, 11) is 0. The van der Waals surface area contributed by atoms with Gasteiger partial charge in [0, 0.05) is 49.8 Å². The van der Waals surface area contributed by atoms with Crippen LogP contribution >= 0.6 is 0 Å². The van der Waals surface area contributed by atoms with Crippen molar-refractivity contribution in [3.05, 3.63) is 86.9 Å². The van der Waals surface area contributed by atoms with Crippen LogP contribution in [0.25, 0.3) is 28.8 Å². The highest BCUT2D eigenvalue weighted by Gasteiger charge is 2.32. The van der Waals surface area contributed by atoms with Crippen LogP contribution in [0, 0.1) is 5.82 Å². The van der Waals surface area contributed by atoms with Crippen LogP contribution < -0.4 is 20.8 Å². The van der Waals surface area contributed by atoms with Gasteiger partial charge < -0.3 is 29.6 Å². The Bertz CT molecular complexity index is 1680. The molecule has 0 atom stereocenters. The highest BCUT2D eigenvalue weighted by Crippen LogP contribution is 2.45. The third kappa shape index (κ3) is 4.26. The number of ether oxygens (including phenoxy) is 2. The standard InChI is InChI=1S/C31H31FN4O4/c1-3-8-35(19(2)17-33)28-26(32)16-24-27-30(28)40-23-14-21-7-5-4-6-20(21)13-22(15-23)36(27)18-25(29(24)37)31(38)34-9-11-39-12-10-34/h4-7,13-14,16-18H,3,8-12,15,33H2,1-2H3/b19-17-. The van der Waals surface area contributed by atoms with E-state index >= 15 is 4.39 Å². The van der Waals surface area contributed by atoms with Crippen molar-refractivity contribution in [3.8, 4) is 5.75 Å². The van der Waals surface area contributed by atoms with Gasteiger partial charge in [-0.3, -0.25) is 9.59 Å². The van der Waals surface area contributed by atoms with Crippen molar-refractivity contribution in [2.24, 2.45) is 5.73 Å². The lowest BCUT2D eigenvalue weighted by Crippen LogP contribution is -2.42. The van der Waals surface area contributed by atoms with Crippen LogP contribution in [0.1, 0.15) is 48.2 Å². The molecule has 6 rings (SSSR count). The van der Waals surface area contributed by atoms with Crippen LogP contribution in [0.5, 0.6) is 5.75 Å². The zero-order chi connectivity index (χ0) is 28.0. The Hall–Kier alpha value is -4.37. The Kier molecular flexibility index (Phi) is 6.67. The average Bonchev–Trinajstić information content (AvgIpc) is 3.24. The fraction of sp³-hybridized carbons (Fsp3) is 0.290. The summed E-state index contributed by atoms with van der Waals surface area (Å²) in [6.45, 7) is 5.87. The first kappa shape index (κ1) is 25.9. The number of hydrogen-bond donors (Lipinski definition) is 1. The Morgan fingerprint density at radius 3 is 2.60 bits per heavy atom. The van der Waals surface area contributed by atoms with Crippen LogP contribution in [0.15, 0.2) is 59.0 Å². The summed E-state index contributed by atoms with van der Waals surface area (Å²) in [4.78, 5) is 30.9. The quantitative estimate of drug-likeness (QED) is 0.499. The third-order valence-electron chi connectivity index (χ3n) is 7.62. The zero-order valence-corrected chi connectivity index (χ0v) is 22.6. The molecule has 2 N–H and O–H groups in total. The van der Waals surface area contributed by atoms with Gasteiger partial charge in [-0.05, 0) is 42.7 Å². The van der Waals surface area contributed by atoms with E-state index in [-0.39, 0.29) is 22.4 Å². The molecule has 3 aliphatic rings. The maximum Gasteiger partial charge on any atom is 0.259 e. The van der Waals surface area contributed by atoms with Crippen LogP contribution in [0.4, 0.5) is 10.1 Å². The molecular weight excluding hydrogens is 511 g/mol. The number of hydrogen-bond acceptors (Lipinski definition) is 6. The van der Waals surface area contributed by atoms with Gasteiger partial charge in [0.05, 0.1) is 18.6 Å². The summed E-state index contributed by atoms with van der Waals surface area (Å²) in [6.07, 6.45) is 8.11. The largest absolute Gasteiger partial charge is 0.457 e. The molecule has 2 aromatic carbocycles. The lowest BCUT2D eigenvalue weighted by atomic mass is 10.0. The highest BCUT2D eigenvalue weighted by atomic mass is 19.1. The van der Waals surface area contributed by atoms with Crippen molar-refractivity contribution < 1.29 is 18.7 Å². The molecule has 1 aliphatic carbocycles. The van der Waals surface area contributed by atoms with Gasteiger partial charge in [-0.25, -0.2) is 4.39 Å². The molecule has 8 nitrogen and oxygen atoms in total. The lowest BCUT2D eigenvalue weighted by molar-refractivity contribution is 0.0302. The number of aromatic nitrogens is 1. The number of rotatable bonds is 5. The van der Waals surface area contributed by atoms with Crippen molar-refractivity contribution >= 4 is 40.3 Å². The predicted octanol–water partition coefficient (Wildman–Crippen LogP) is 4.78. The molecule has 2 bridgehead atoms. The summed E-state index contributed by atoms with van der Waals surface area (Å²) < 4.78 is 29.9. The van der Waals surface area contributed by atoms with E-state index in [0.717, 1.165) is 23.2 Å². The summed E-state index contributed by atoms with van der Waals surface area (Å²) in [5.41, 5.74) is 9.35. The van der Waals surface area contributed by atoms with E-state index in [2.05, 4.69) is 0 Å². The molecule has 9 heteroatoms. The summed E-state index contributed by atoms with van der Waals surface area (Å²) in [5, 5.41) is 0.0854. The molecule has 40 heavy (non-hydrogen) atoms. The van der Waals surface area contributed by atoms with E-state index < -0.39 is 17.2 Å². The summed E-state index contributed by atoms with van der Waals surface area (Å²) in [6, 6.07) is 9.13. The molecule has 0 saturated carbocycles. The first-order chi connectivity index (χ1) is 19.4. The number of allylic oxidation sites excluding steroid dienone is 2. The van der Waals surface area contributed by atoms with Gasteiger partial charge in [-0.2, -0.15) is 0 Å². The fourth-order valence-corrected chi connectivity index (χ4v) is 5.62. The number of anilines is 1. The minimum Gasteiger partial charge on any atom is -0.457 e. The summed E-state index contributed by atoms with van der Waals surface area (Å²) in [5.74, 6) is -0.190. The normalized spacial score (nSPS) is 16.4. The SMILES string of the molecule is CCCN(/C(C)=C\N)c1c(F)cc2c(=O)c(C(=O)N3CCOCC3)cn3c2c1OC1=Cc2ccccc2C=C3C1. The van der Waals surface area contributed by atoms with E-state index in [1.165, 1.54) is 12.3 Å². The van der Waals surface area contributed by atoms with Crippen LogP contribution in [-0.4, -0.2) is 48.2 Å². The Morgan fingerprint density at radius 1 is 1.18 bits per heavy atom. The van der Waals surface area contributed by atoms with E-state index in [0.29, 0.717) is 56.2 Å². The molecule has 0 unspecified atom stereocenters. The number of amides is 1. The second-order valence-corrected chi connectivity index (χ2v) is 10.2. The molecule has 1 saturated heterocycles. The highest BCUT2D eigenvalue weighted by molar-refractivity contribution is 6.02. The molecule has 1 aromatic heterocycles. The van der Waals surface area contributed by atoms with Crippen LogP contribution in [0.2, 0.25) is 0 Å². The lowest BCUT2D eigenvalue weighted by Gasteiger charge is -2.29. The number of carbonyl (C=O) groups excluding carboxylic acids is 1. The van der Waals surface area contributed by atoms with Crippen molar-refractivity contribution in [3.63, 3.8) is 0 Å². The number of benzene rings is 2. The van der Waals surface area contributed by atoms with Crippen molar-refractivity contribution in [1.82, 2.24) is 9.47 Å². The molecule has 1 fully saturated rings. The Morgan fingerprint density at radius 2 is 1.90 bits per heavy atom. The number of carbonyl (C=O) groups is 1. The smallest absolute Gasteiger partial charge is 0.259 e. The second-order valence-electron chi connectivity index (χ2n) is 10.2. The number of pyridine rings is 1. The molecule has 0 radical (unpaired) electrons. The number of morpholine rings is 1. The van der Waals surface area contributed by atoms with E-state index in [1.807, 2.05) is 47.9 Å². The van der Waals surface area contributed by atoms with E-state index in [4.69, 9.17) is 15.2 Å². The molecular formula is C31H31FN4O4. The van der Waals surface area contributed by atoms with Crippen molar-refractivity contribution in [2.45, 2.75) is 26.7 Å².